The molecule has 0 aliphatic heterocycles. The highest BCUT2D eigenvalue weighted by molar-refractivity contribution is 8.13. The predicted octanol–water partition coefficient (Wildman–Crippen LogP) is 3.55. The molecule has 0 radical (unpaired) electrons. The summed E-state index contributed by atoms with van der Waals surface area (Å²) in [6, 6.07) is 16.1. The number of rotatable bonds is 4. The van der Waals surface area contributed by atoms with Crippen molar-refractivity contribution < 1.29 is 13.2 Å². The van der Waals surface area contributed by atoms with E-state index < -0.39 is 9.05 Å². The largest absolute Gasteiger partial charge is 0.457 e. The highest BCUT2D eigenvalue weighted by Crippen LogP contribution is 2.27. The van der Waals surface area contributed by atoms with Gasteiger partial charge in [0.05, 0.1) is 5.75 Å². The molecule has 0 atom stereocenters. The highest BCUT2D eigenvalue weighted by atomic mass is 35.7. The second-order valence-corrected chi connectivity index (χ2v) is 6.48. The molecule has 0 bridgehead atoms. The quantitative estimate of drug-likeness (QED) is 0.806. The zero-order chi connectivity index (χ0) is 13.0. The normalized spacial score (nSPS) is 11.2. The summed E-state index contributed by atoms with van der Waals surface area (Å²) in [7, 11) is 1.66. The number of para-hydroxylation sites is 2. The Hall–Kier alpha value is -1.52. The van der Waals surface area contributed by atoms with Crippen LogP contribution in [0.2, 0.25) is 0 Å². The molecule has 0 amide bonds. The van der Waals surface area contributed by atoms with Crippen molar-refractivity contribution in [2.75, 3.05) is 0 Å². The third-order valence-electron chi connectivity index (χ3n) is 2.27. The van der Waals surface area contributed by atoms with Gasteiger partial charge in [-0.2, -0.15) is 0 Å². The summed E-state index contributed by atoms with van der Waals surface area (Å²) in [5.74, 6) is 0.891. The van der Waals surface area contributed by atoms with Crippen LogP contribution in [0, 0.1) is 0 Å². The smallest absolute Gasteiger partial charge is 0.236 e. The van der Waals surface area contributed by atoms with Crippen LogP contribution < -0.4 is 4.74 Å². The monoisotopic (exact) mass is 282 g/mol. The van der Waals surface area contributed by atoms with Gasteiger partial charge in [-0.25, -0.2) is 8.42 Å². The first-order valence-corrected chi connectivity index (χ1v) is 7.75. The van der Waals surface area contributed by atoms with E-state index in [1.807, 2.05) is 18.2 Å². The Balaban J connectivity index is 2.28. The molecule has 18 heavy (non-hydrogen) atoms. The Bertz CT molecular complexity index is 624. The van der Waals surface area contributed by atoms with Gasteiger partial charge in [-0.3, -0.25) is 0 Å². The fourth-order valence-corrected chi connectivity index (χ4v) is 2.49. The van der Waals surface area contributed by atoms with Crippen LogP contribution in [0.3, 0.4) is 0 Å². The first-order chi connectivity index (χ1) is 8.54. The van der Waals surface area contributed by atoms with Gasteiger partial charge in [0.15, 0.2) is 0 Å². The molecule has 2 rings (SSSR count). The summed E-state index contributed by atoms with van der Waals surface area (Å²) >= 11 is 0. The highest BCUT2D eigenvalue weighted by Gasteiger charge is 2.12. The van der Waals surface area contributed by atoms with Crippen LogP contribution >= 0.6 is 10.7 Å². The molecule has 3 nitrogen and oxygen atoms in total. The molecule has 0 fully saturated rings. The fraction of sp³-hybridized carbons (Fsp3) is 0.0769. The first-order valence-electron chi connectivity index (χ1n) is 5.28. The van der Waals surface area contributed by atoms with Crippen LogP contribution in [0.25, 0.3) is 0 Å². The Morgan fingerprint density at radius 2 is 1.56 bits per heavy atom. The topological polar surface area (TPSA) is 43.4 Å². The van der Waals surface area contributed by atoms with Crippen LogP contribution in [0.1, 0.15) is 5.56 Å². The van der Waals surface area contributed by atoms with Gasteiger partial charge in [-0.15, -0.1) is 0 Å². The lowest BCUT2D eigenvalue weighted by Crippen LogP contribution is -1.98. The Morgan fingerprint density at radius 1 is 0.944 bits per heavy atom. The summed E-state index contributed by atoms with van der Waals surface area (Å²) < 4.78 is 27.9. The summed E-state index contributed by atoms with van der Waals surface area (Å²) in [4.78, 5) is 0. The number of benzene rings is 2. The molecule has 0 saturated heterocycles. The summed E-state index contributed by atoms with van der Waals surface area (Å²) in [5.41, 5.74) is 0.538. The average molecular weight is 283 g/mol. The standard InChI is InChI=1S/C13H11ClO3S/c14-18(15,16)10-11-6-4-5-9-13(11)17-12-7-2-1-3-8-12/h1-9H,10H2. The van der Waals surface area contributed by atoms with E-state index in [0.717, 1.165) is 0 Å². The Labute approximate surface area is 110 Å². The average Bonchev–Trinajstić information content (AvgIpc) is 2.31. The van der Waals surface area contributed by atoms with Crippen molar-refractivity contribution in [3.63, 3.8) is 0 Å². The molecule has 0 N–H and O–H groups in total. The molecular formula is C13H11ClO3S. The number of hydrogen-bond donors (Lipinski definition) is 0. The number of ether oxygens (including phenoxy) is 1. The molecule has 0 aliphatic rings. The SMILES string of the molecule is O=S(=O)(Cl)Cc1ccccc1Oc1ccccc1. The lowest BCUT2D eigenvalue weighted by Gasteiger charge is -2.09. The van der Waals surface area contributed by atoms with Crippen LogP contribution in [-0.4, -0.2) is 8.42 Å². The van der Waals surface area contributed by atoms with E-state index in [0.29, 0.717) is 17.1 Å². The van der Waals surface area contributed by atoms with Gasteiger partial charge < -0.3 is 4.74 Å². The molecule has 0 saturated carbocycles. The van der Waals surface area contributed by atoms with E-state index in [2.05, 4.69) is 0 Å². The number of hydrogen-bond acceptors (Lipinski definition) is 3. The van der Waals surface area contributed by atoms with Crippen molar-refractivity contribution in [3.05, 3.63) is 60.2 Å². The van der Waals surface area contributed by atoms with Gasteiger partial charge in [0, 0.05) is 16.2 Å². The minimum Gasteiger partial charge on any atom is -0.457 e. The molecule has 0 heterocycles. The summed E-state index contributed by atoms with van der Waals surface area (Å²) in [6.45, 7) is 0. The lowest BCUT2D eigenvalue weighted by atomic mass is 10.2. The van der Waals surface area contributed by atoms with Crippen LogP contribution in [-0.2, 0) is 14.8 Å². The Morgan fingerprint density at radius 3 is 2.22 bits per heavy atom. The molecule has 94 valence electrons. The van der Waals surface area contributed by atoms with Crippen molar-refractivity contribution in [1.29, 1.82) is 0 Å². The van der Waals surface area contributed by atoms with Crippen LogP contribution in [0.4, 0.5) is 0 Å². The minimum atomic E-state index is -3.60. The minimum absolute atomic E-state index is 0.252. The van der Waals surface area contributed by atoms with Gasteiger partial charge in [0.2, 0.25) is 9.05 Å². The van der Waals surface area contributed by atoms with Gasteiger partial charge in [-0.1, -0.05) is 36.4 Å². The van der Waals surface area contributed by atoms with Crippen LogP contribution in [0.5, 0.6) is 11.5 Å². The molecule has 0 unspecified atom stereocenters. The van der Waals surface area contributed by atoms with E-state index in [1.54, 1.807) is 36.4 Å². The van der Waals surface area contributed by atoms with E-state index in [4.69, 9.17) is 15.4 Å². The van der Waals surface area contributed by atoms with E-state index in [1.165, 1.54) is 0 Å². The van der Waals surface area contributed by atoms with E-state index in [-0.39, 0.29) is 5.75 Å². The second kappa shape index (κ2) is 5.42. The maximum atomic E-state index is 11.1. The van der Waals surface area contributed by atoms with Crippen molar-refractivity contribution in [2.24, 2.45) is 0 Å². The van der Waals surface area contributed by atoms with Crippen LogP contribution in [0.15, 0.2) is 54.6 Å². The predicted molar refractivity (Wildman–Crippen MR) is 71.4 cm³/mol. The third-order valence-corrected chi connectivity index (χ3v) is 3.25. The van der Waals surface area contributed by atoms with Crippen molar-refractivity contribution in [1.82, 2.24) is 0 Å². The van der Waals surface area contributed by atoms with Crippen molar-refractivity contribution in [2.45, 2.75) is 5.75 Å². The molecule has 0 aromatic heterocycles. The maximum absolute atomic E-state index is 11.1. The van der Waals surface area contributed by atoms with Crippen molar-refractivity contribution >= 4 is 19.7 Å². The Kier molecular flexibility index (Phi) is 3.89. The molecule has 0 spiro atoms. The first kappa shape index (κ1) is 12.9. The molecule has 2 aromatic carbocycles. The molecule has 5 heteroatoms. The second-order valence-electron chi connectivity index (χ2n) is 3.71. The maximum Gasteiger partial charge on any atom is 0.236 e. The molecular weight excluding hydrogens is 272 g/mol. The zero-order valence-corrected chi connectivity index (χ0v) is 11.0. The van der Waals surface area contributed by atoms with Crippen molar-refractivity contribution in [3.8, 4) is 11.5 Å². The summed E-state index contributed by atoms with van der Waals surface area (Å²) in [6.07, 6.45) is 0. The lowest BCUT2D eigenvalue weighted by molar-refractivity contribution is 0.478. The van der Waals surface area contributed by atoms with Gasteiger partial charge in [0.25, 0.3) is 0 Å². The van der Waals surface area contributed by atoms with E-state index >= 15 is 0 Å². The zero-order valence-electron chi connectivity index (χ0n) is 9.41. The van der Waals surface area contributed by atoms with Gasteiger partial charge in [0.1, 0.15) is 11.5 Å². The fourth-order valence-electron chi connectivity index (χ4n) is 1.52. The molecule has 0 aliphatic carbocycles. The molecule has 2 aromatic rings. The number of halogens is 1. The third kappa shape index (κ3) is 3.75. The summed E-state index contributed by atoms with van der Waals surface area (Å²) in [5, 5.41) is 0. The van der Waals surface area contributed by atoms with Gasteiger partial charge in [-0.05, 0) is 18.2 Å². The van der Waals surface area contributed by atoms with E-state index in [9.17, 15) is 8.42 Å². The van der Waals surface area contributed by atoms with Gasteiger partial charge >= 0.3 is 0 Å².